The van der Waals surface area contributed by atoms with Crippen LogP contribution in [-0.2, 0) is 4.79 Å². The maximum atomic E-state index is 12.8. The van der Waals surface area contributed by atoms with Crippen LogP contribution < -0.4 is 10.6 Å². The van der Waals surface area contributed by atoms with Gasteiger partial charge in [-0.2, -0.15) is 0 Å². The smallest absolute Gasteiger partial charge is 0.238 e. The highest BCUT2D eigenvalue weighted by atomic mass is 19.1. The Morgan fingerprint density at radius 2 is 1.82 bits per heavy atom. The number of benzene rings is 1. The van der Waals surface area contributed by atoms with Crippen molar-refractivity contribution in [2.24, 2.45) is 0 Å². The van der Waals surface area contributed by atoms with Crippen molar-refractivity contribution in [3.63, 3.8) is 0 Å². The van der Waals surface area contributed by atoms with Crippen molar-refractivity contribution >= 4 is 11.6 Å². The van der Waals surface area contributed by atoms with E-state index in [4.69, 9.17) is 0 Å². The number of hydrogen-bond acceptors (Lipinski definition) is 3. The van der Waals surface area contributed by atoms with Crippen LogP contribution in [0.4, 0.5) is 10.1 Å². The van der Waals surface area contributed by atoms with Crippen LogP contribution in [0.5, 0.6) is 0 Å². The van der Waals surface area contributed by atoms with Crippen LogP contribution in [-0.4, -0.2) is 43.5 Å². The number of hydrogen-bond donors (Lipinski definition) is 2. The second-order valence-electron chi connectivity index (χ2n) is 6.34. The molecule has 1 aliphatic carbocycles. The Hall–Kier alpha value is -1.46. The third-order valence-electron chi connectivity index (χ3n) is 4.60. The molecule has 1 amide bonds. The molecule has 22 heavy (non-hydrogen) atoms. The molecule has 0 aromatic heterocycles. The number of amides is 1. The number of halogens is 1. The summed E-state index contributed by atoms with van der Waals surface area (Å²) >= 11 is 0. The lowest BCUT2D eigenvalue weighted by Crippen LogP contribution is -2.53. The maximum Gasteiger partial charge on any atom is 0.238 e. The van der Waals surface area contributed by atoms with E-state index in [1.807, 2.05) is 0 Å². The molecule has 0 atom stereocenters. The molecule has 1 aromatic rings. The molecule has 1 aromatic carbocycles. The summed E-state index contributed by atoms with van der Waals surface area (Å²) in [6, 6.07) is 5.81. The van der Waals surface area contributed by atoms with Gasteiger partial charge in [0.05, 0.1) is 6.54 Å². The van der Waals surface area contributed by atoms with E-state index in [0.29, 0.717) is 5.69 Å². The summed E-state index contributed by atoms with van der Waals surface area (Å²) in [5, 5.41) is 6.05. The summed E-state index contributed by atoms with van der Waals surface area (Å²) in [5.41, 5.74) is 0.780. The van der Waals surface area contributed by atoms with Crippen LogP contribution in [0.2, 0.25) is 0 Å². The van der Waals surface area contributed by atoms with Crippen molar-refractivity contribution in [1.82, 2.24) is 10.2 Å². The van der Waals surface area contributed by atoms with E-state index in [0.717, 1.165) is 6.54 Å². The van der Waals surface area contributed by atoms with Gasteiger partial charge in [-0.05, 0) is 51.2 Å². The number of nitrogens with one attached hydrogen (secondary N) is 2. The van der Waals surface area contributed by atoms with Crippen LogP contribution in [0, 0.1) is 5.82 Å². The summed E-state index contributed by atoms with van der Waals surface area (Å²) in [6.07, 6.45) is 6.16. The van der Waals surface area contributed by atoms with Gasteiger partial charge < -0.3 is 15.5 Å². The molecule has 4 nitrogen and oxygen atoms in total. The fourth-order valence-corrected chi connectivity index (χ4v) is 3.14. The van der Waals surface area contributed by atoms with Crippen molar-refractivity contribution in [1.29, 1.82) is 0 Å². The van der Waals surface area contributed by atoms with Crippen molar-refractivity contribution in [3.05, 3.63) is 30.1 Å². The molecule has 5 heteroatoms. The summed E-state index contributed by atoms with van der Waals surface area (Å²) in [5.74, 6) is -0.405. The number of anilines is 1. The average molecular weight is 307 g/mol. The molecule has 1 saturated carbocycles. The SMILES string of the molecule is CN(C)C1(CNCC(=O)Nc2ccc(F)cc2)CCCCC1. The van der Waals surface area contributed by atoms with Gasteiger partial charge in [0.25, 0.3) is 0 Å². The maximum absolute atomic E-state index is 12.8. The molecule has 0 aliphatic heterocycles. The lowest BCUT2D eigenvalue weighted by atomic mass is 9.80. The van der Waals surface area contributed by atoms with E-state index in [2.05, 4.69) is 29.6 Å². The van der Waals surface area contributed by atoms with Gasteiger partial charge in [-0.15, -0.1) is 0 Å². The first-order valence-corrected chi connectivity index (χ1v) is 7.95. The van der Waals surface area contributed by atoms with Gasteiger partial charge in [0, 0.05) is 17.8 Å². The van der Waals surface area contributed by atoms with Crippen molar-refractivity contribution in [2.45, 2.75) is 37.6 Å². The van der Waals surface area contributed by atoms with Crippen LogP contribution in [0.25, 0.3) is 0 Å². The highest BCUT2D eigenvalue weighted by Gasteiger charge is 2.33. The first-order valence-electron chi connectivity index (χ1n) is 7.95. The summed E-state index contributed by atoms with van der Waals surface area (Å²) < 4.78 is 12.8. The lowest BCUT2D eigenvalue weighted by molar-refractivity contribution is -0.115. The zero-order valence-corrected chi connectivity index (χ0v) is 13.5. The van der Waals surface area contributed by atoms with Gasteiger partial charge in [0.1, 0.15) is 5.82 Å². The van der Waals surface area contributed by atoms with E-state index >= 15 is 0 Å². The minimum Gasteiger partial charge on any atom is -0.325 e. The van der Waals surface area contributed by atoms with Crippen LogP contribution in [0.1, 0.15) is 32.1 Å². The van der Waals surface area contributed by atoms with E-state index in [1.54, 1.807) is 12.1 Å². The van der Waals surface area contributed by atoms with Crippen LogP contribution >= 0.6 is 0 Å². The van der Waals surface area contributed by atoms with Crippen molar-refractivity contribution in [2.75, 3.05) is 32.5 Å². The Kier molecular flexibility index (Phi) is 5.91. The normalized spacial score (nSPS) is 17.5. The standard InChI is InChI=1S/C17H26FN3O/c1-21(2)17(10-4-3-5-11-17)13-19-12-16(22)20-15-8-6-14(18)7-9-15/h6-9,19H,3-5,10-13H2,1-2H3,(H,20,22). The molecule has 122 valence electrons. The molecule has 0 spiro atoms. The third kappa shape index (κ3) is 4.52. The Balaban J connectivity index is 1.79. The van der Waals surface area contributed by atoms with Crippen molar-refractivity contribution in [3.8, 4) is 0 Å². The third-order valence-corrected chi connectivity index (χ3v) is 4.60. The van der Waals surface area contributed by atoms with Crippen molar-refractivity contribution < 1.29 is 9.18 Å². The molecule has 0 heterocycles. The number of nitrogens with zero attached hydrogens (tertiary/aromatic N) is 1. The fourth-order valence-electron chi connectivity index (χ4n) is 3.14. The first-order chi connectivity index (χ1) is 10.5. The fraction of sp³-hybridized carbons (Fsp3) is 0.588. The predicted octanol–water partition coefficient (Wildman–Crippen LogP) is 2.62. The van der Waals surface area contributed by atoms with E-state index in [9.17, 15) is 9.18 Å². The quantitative estimate of drug-likeness (QED) is 0.849. The van der Waals surface area contributed by atoms with Gasteiger partial charge >= 0.3 is 0 Å². The summed E-state index contributed by atoms with van der Waals surface area (Å²) in [6.45, 7) is 1.09. The molecule has 0 unspecified atom stereocenters. The highest BCUT2D eigenvalue weighted by molar-refractivity contribution is 5.92. The van der Waals surface area contributed by atoms with Crippen LogP contribution in [0.3, 0.4) is 0 Å². The Labute approximate surface area is 132 Å². The first kappa shape index (κ1) is 16.9. The Morgan fingerprint density at radius 3 is 2.41 bits per heavy atom. The zero-order valence-electron chi connectivity index (χ0n) is 13.5. The summed E-state index contributed by atoms with van der Waals surface area (Å²) in [4.78, 5) is 14.2. The minimum atomic E-state index is -0.304. The molecule has 1 fully saturated rings. The zero-order chi connectivity index (χ0) is 16.0. The molecule has 0 bridgehead atoms. The van der Waals surface area contributed by atoms with Gasteiger partial charge in [0.2, 0.25) is 5.91 Å². The van der Waals surface area contributed by atoms with E-state index < -0.39 is 0 Å². The van der Waals surface area contributed by atoms with E-state index in [1.165, 1.54) is 44.2 Å². The topological polar surface area (TPSA) is 44.4 Å². The molecule has 1 aliphatic rings. The minimum absolute atomic E-state index is 0.101. The average Bonchev–Trinajstić information content (AvgIpc) is 2.50. The number of likely N-dealkylation sites (N-methyl/N-ethyl adjacent to an activating group) is 1. The molecule has 0 radical (unpaired) electrons. The number of rotatable bonds is 6. The Bertz CT molecular complexity index is 481. The lowest BCUT2D eigenvalue weighted by Gasteiger charge is -2.43. The molecule has 0 saturated heterocycles. The summed E-state index contributed by atoms with van der Waals surface area (Å²) in [7, 11) is 4.23. The van der Waals surface area contributed by atoms with E-state index in [-0.39, 0.29) is 23.8 Å². The second-order valence-corrected chi connectivity index (χ2v) is 6.34. The molecular formula is C17H26FN3O. The van der Waals surface area contributed by atoms with Gasteiger partial charge in [-0.25, -0.2) is 4.39 Å². The number of carbonyl (C=O) groups is 1. The molecule has 2 N–H and O–H groups in total. The number of carbonyl (C=O) groups excluding carboxylic acids is 1. The molecule has 2 rings (SSSR count). The second kappa shape index (κ2) is 7.70. The molecular weight excluding hydrogens is 281 g/mol. The van der Waals surface area contributed by atoms with Gasteiger partial charge in [-0.3, -0.25) is 4.79 Å². The monoisotopic (exact) mass is 307 g/mol. The van der Waals surface area contributed by atoms with Gasteiger partial charge in [0.15, 0.2) is 0 Å². The van der Waals surface area contributed by atoms with Gasteiger partial charge in [-0.1, -0.05) is 19.3 Å². The largest absolute Gasteiger partial charge is 0.325 e. The van der Waals surface area contributed by atoms with Crippen LogP contribution in [0.15, 0.2) is 24.3 Å². The highest BCUT2D eigenvalue weighted by Crippen LogP contribution is 2.31. The predicted molar refractivity (Wildman–Crippen MR) is 87.4 cm³/mol. The Morgan fingerprint density at radius 1 is 1.18 bits per heavy atom.